The van der Waals surface area contributed by atoms with Gasteiger partial charge in [-0.3, -0.25) is 19.6 Å². The molecule has 1 amide bonds. The summed E-state index contributed by atoms with van der Waals surface area (Å²) in [7, 11) is -4.08. The van der Waals surface area contributed by atoms with Crippen molar-refractivity contribution in [2.45, 2.75) is 11.8 Å². The number of nitrogens with zero attached hydrogens (tertiary/aromatic N) is 1. The molecule has 0 radical (unpaired) electrons. The van der Waals surface area contributed by atoms with E-state index < -0.39 is 26.7 Å². The number of halogens is 2. The average molecular weight is 464 g/mol. The lowest BCUT2D eigenvalue weighted by atomic mass is 10.1. The van der Waals surface area contributed by atoms with E-state index in [1.165, 1.54) is 36.4 Å². The first kappa shape index (κ1) is 22.2. The predicted octanol–water partition coefficient (Wildman–Crippen LogP) is 4.75. The van der Waals surface area contributed by atoms with Gasteiger partial charge < -0.3 is 5.32 Å². The number of carbonyl (C=O) groups excluding carboxylic acids is 1. The number of benzene rings is 3. The maximum atomic E-state index is 13.1. The van der Waals surface area contributed by atoms with Crippen molar-refractivity contribution in [2.24, 2.45) is 0 Å². The number of carbonyl (C=O) groups is 1. The Morgan fingerprint density at radius 1 is 1.06 bits per heavy atom. The van der Waals surface area contributed by atoms with Crippen molar-refractivity contribution in [1.29, 1.82) is 0 Å². The summed E-state index contributed by atoms with van der Waals surface area (Å²) in [6.07, 6.45) is 0. The molecule has 31 heavy (non-hydrogen) atoms. The quantitative estimate of drug-likeness (QED) is 0.404. The summed E-state index contributed by atoms with van der Waals surface area (Å²) in [5, 5.41) is 13.6. The van der Waals surface area contributed by atoms with Crippen LogP contribution in [0.5, 0.6) is 0 Å². The zero-order valence-corrected chi connectivity index (χ0v) is 17.5. The SMILES string of the molecule is Cc1ccc(NC(=O)c2ccc(Cl)c(NS(=O)(=O)c3ccc(F)cc3)c2)cc1[N+](=O)[O-]. The van der Waals surface area contributed by atoms with Crippen LogP contribution in [0.15, 0.2) is 65.6 Å². The minimum atomic E-state index is -4.08. The van der Waals surface area contributed by atoms with Crippen LogP contribution < -0.4 is 10.0 Å². The average Bonchev–Trinajstić information content (AvgIpc) is 2.71. The molecule has 3 rings (SSSR count). The zero-order valence-electron chi connectivity index (χ0n) is 15.9. The molecule has 8 nitrogen and oxygen atoms in total. The Kier molecular flexibility index (Phi) is 6.23. The number of aryl methyl sites for hydroxylation is 1. The molecular weight excluding hydrogens is 449 g/mol. The summed E-state index contributed by atoms with van der Waals surface area (Å²) in [6.45, 7) is 1.57. The van der Waals surface area contributed by atoms with Gasteiger partial charge >= 0.3 is 0 Å². The molecule has 2 N–H and O–H groups in total. The van der Waals surface area contributed by atoms with Gasteiger partial charge in [-0.25, -0.2) is 12.8 Å². The molecule has 0 unspecified atom stereocenters. The normalized spacial score (nSPS) is 11.1. The Morgan fingerprint density at radius 3 is 2.39 bits per heavy atom. The molecule has 0 aliphatic heterocycles. The highest BCUT2D eigenvalue weighted by molar-refractivity contribution is 7.92. The fourth-order valence-electron chi connectivity index (χ4n) is 2.65. The van der Waals surface area contributed by atoms with Crippen molar-refractivity contribution in [3.63, 3.8) is 0 Å². The Bertz CT molecular complexity index is 1280. The van der Waals surface area contributed by atoms with Gasteiger partial charge in [0.15, 0.2) is 0 Å². The molecule has 0 atom stereocenters. The largest absolute Gasteiger partial charge is 0.322 e. The van der Waals surface area contributed by atoms with E-state index in [2.05, 4.69) is 10.0 Å². The molecule has 0 saturated heterocycles. The lowest BCUT2D eigenvalue weighted by Gasteiger charge is -2.12. The highest BCUT2D eigenvalue weighted by atomic mass is 35.5. The lowest BCUT2D eigenvalue weighted by Crippen LogP contribution is -2.15. The molecular formula is C20H15ClFN3O5S. The Morgan fingerprint density at radius 2 is 1.74 bits per heavy atom. The summed E-state index contributed by atoms with van der Waals surface area (Å²) in [4.78, 5) is 22.9. The summed E-state index contributed by atoms with van der Waals surface area (Å²) >= 11 is 6.06. The van der Waals surface area contributed by atoms with Crippen LogP contribution >= 0.6 is 11.6 Å². The van der Waals surface area contributed by atoms with Gasteiger partial charge in [-0.2, -0.15) is 0 Å². The third-order valence-corrected chi connectivity index (χ3v) is 5.97. The van der Waals surface area contributed by atoms with E-state index in [1.807, 2.05) is 0 Å². The fourth-order valence-corrected chi connectivity index (χ4v) is 3.94. The number of amides is 1. The molecule has 11 heteroatoms. The first-order valence-corrected chi connectivity index (χ1v) is 10.6. The van der Waals surface area contributed by atoms with Crippen LogP contribution in [0.1, 0.15) is 15.9 Å². The molecule has 3 aromatic rings. The molecule has 3 aromatic carbocycles. The van der Waals surface area contributed by atoms with Crippen LogP contribution in [0.4, 0.5) is 21.5 Å². The van der Waals surface area contributed by atoms with Crippen LogP contribution in [-0.4, -0.2) is 19.2 Å². The van der Waals surface area contributed by atoms with Gasteiger partial charge in [-0.1, -0.05) is 17.7 Å². The smallest absolute Gasteiger partial charge is 0.274 e. The van der Waals surface area contributed by atoms with E-state index in [9.17, 15) is 27.7 Å². The first-order chi connectivity index (χ1) is 14.6. The van der Waals surface area contributed by atoms with Crippen molar-refractivity contribution in [2.75, 3.05) is 10.0 Å². The predicted molar refractivity (Wildman–Crippen MR) is 114 cm³/mol. The number of hydrogen-bond donors (Lipinski definition) is 2. The third kappa shape index (κ3) is 5.16. The van der Waals surface area contributed by atoms with Crippen molar-refractivity contribution < 1.29 is 22.5 Å². The van der Waals surface area contributed by atoms with Crippen LogP contribution in [-0.2, 0) is 10.0 Å². The van der Waals surface area contributed by atoms with Crippen molar-refractivity contribution >= 4 is 44.6 Å². The number of nitro groups is 1. The molecule has 0 heterocycles. The first-order valence-electron chi connectivity index (χ1n) is 8.71. The third-order valence-electron chi connectivity index (χ3n) is 4.26. The van der Waals surface area contributed by atoms with Crippen LogP contribution in [0.25, 0.3) is 0 Å². The van der Waals surface area contributed by atoms with E-state index in [0.717, 1.165) is 24.3 Å². The van der Waals surface area contributed by atoms with Gasteiger partial charge in [0, 0.05) is 22.9 Å². The van der Waals surface area contributed by atoms with Crippen molar-refractivity contribution in [3.8, 4) is 0 Å². The second-order valence-corrected chi connectivity index (χ2v) is 8.56. The van der Waals surface area contributed by atoms with Gasteiger partial charge in [0.05, 0.1) is 20.5 Å². The number of nitro benzene ring substituents is 1. The zero-order chi connectivity index (χ0) is 22.8. The highest BCUT2D eigenvalue weighted by Crippen LogP contribution is 2.27. The van der Waals surface area contributed by atoms with Gasteiger partial charge in [-0.15, -0.1) is 0 Å². The molecule has 0 aromatic heterocycles. The Balaban J connectivity index is 1.85. The van der Waals surface area contributed by atoms with Crippen LogP contribution in [0.2, 0.25) is 5.02 Å². The van der Waals surface area contributed by atoms with E-state index in [-0.39, 0.29) is 32.5 Å². The maximum Gasteiger partial charge on any atom is 0.274 e. The fraction of sp³-hybridized carbons (Fsp3) is 0.0500. The molecule has 0 aliphatic rings. The van der Waals surface area contributed by atoms with Crippen molar-refractivity contribution in [1.82, 2.24) is 0 Å². The summed E-state index contributed by atoms with van der Waals surface area (Å²) in [5.74, 6) is -1.22. The molecule has 0 aliphatic carbocycles. The highest BCUT2D eigenvalue weighted by Gasteiger charge is 2.18. The monoisotopic (exact) mass is 463 g/mol. The molecule has 0 saturated carbocycles. The second kappa shape index (κ2) is 8.70. The van der Waals surface area contributed by atoms with E-state index >= 15 is 0 Å². The van der Waals surface area contributed by atoms with E-state index in [1.54, 1.807) is 6.92 Å². The summed E-state index contributed by atoms with van der Waals surface area (Å²) < 4.78 is 40.3. The van der Waals surface area contributed by atoms with Crippen LogP contribution in [0, 0.1) is 22.9 Å². The van der Waals surface area contributed by atoms with Gasteiger partial charge in [0.1, 0.15) is 5.82 Å². The molecule has 0 spiro atoms. The topological polar surface area (TPSA) is 118 Å². The second-order valence-electron chi connectivity index (χ2n) is 6.47. The number of sulfonamides is 1. The molecule has 0 fully saturated rings. The molecule has 0 bridgehead atoms. The van der Waals surface area contributed by atoms with Gasteiger partial charge in [-0.05, 0) is 55.5 Å². The maximum absolute atomic E-state index is 13.1. The van der Waals surface area contributed by atoms with E-state index in [0.29, 0.717) is 5.56 Å². The minimum Gasteiger partial charge on any atom is -0.322 e. The standard InChI is InChI=1S/C20H15ClFN3O5S/c1-12-2-6-15(11-19(12)25(27)28)23-20(26)13-3-9-17(21)18(10-13)24-31(29,30)16-7-4-14(22)5-8-16/h2-11,24H,1H3,(H,23,26). The Hall–Kier alpha value is -3.50. The van der Waals surface area contributed by atoms with E-state index in [4.69, 9.17) is 11.6 Å². The summed E-state index contributed by atoms with van der Waals surface area (Å²) in [5.41, 5.74) is 0.484. The number of anilines is 2. The Labute approximate surface area is 181 Å². The lowest BCUT2D eigenvalue weighted by molar-refractivity contribution is -0.385. The van der Waals surface area contributed by atoms with Crippen molar-refractivity contribution in [3.05, 3.63) is 92.7 Å². The number of hydrogen-bond acceptors (Lipinski definition) is 5. The number of rotatable bonds is 6. The van der Waals surface area contributed by atoms with Crippen LogP contribution in [0.3, 0.4) is 0 Å². The minimum absolute atomic E-state index is 0.0354. The summed E-state index contributed by atoms with van der Waals surface area (Å²) in [6, 6.07) is 12.3. The van der Waals surface area contributed by atoms with Gasteiger partial charge in [0.25, 0.3) is 21.6 Å². The van der Waals surface area contributed by atoms with Gasteiger partial charge in [0.2, 0.25) is 0 Å². The number of nitrogens with one attached hydrogen (secondary N) is 2. The molecule has 160 valence electrons.